The first-order valence-corrected chi connectivity index (χ1v) is 7.40. The van der Waals surface area contributed by atoms with Crippen molar-refractivity contribution in [2.45, 2.75) is 18.6 Å². The Labute approximate surface area is 126 Å². The van der Waals surface area contributed by atoms with Crippen LogP contribution < -0.4 is 5.32 Å². The first-order valence-electron chi connectivity index (χ1n) is 6.04. The molecule has 0 aliphatic heterocycles. The van der Waals surface area contributed by atoms with Gasteiger partial charge in [0.05, 0.1) is 23.5 Å². The van der Waals surface area contributed by atoms with Gasteiger partial charge in [-0.05, 0) is 17.9 Å². The first kappa shape index (κ1) is 14.7. The number of aromatic nitrogens is 3. The fourth-order valence-corrected chi connectivity index (χ4v) is 2.18. The van der Waals surface area contributed by atoms with E-state index in [0.29, 0.717) is 11.7 Å². The molecule has 1 N–H and O–H groups in total. The minimum atomic E-state index is -0.332. The van der Waals surface area contributed by atoms with Gasteiger partial charge in [0.15, 0.2) is 10.9 Å². The van der Waals surface area contributed by atoms with Gasteiger partial charge in [-0.2, -0.15) is 0 Å². The highest BCUT2D eigenvalue weighted by Crippen LogP contribution is 2.17. The van der Waals surface area contributed by atoms with Gasteiger partial charge in [0.1, 0.15) is 0 Å². The SMILES string of the molecule is CCSc1ncc(Cl)c(C(=O)NCc2ccccn2)n1. The largest absolute Gasteiger partial charge is 0.345 e. The Hall–Kier alpha value is -1.66. The molecule has 5 nitrogen and oxygen atoms in total. The van der Waals surface area contributed by atoms with E-state index in [1.54, 1.807) is 6.20 Å². The van der Waals surface area contributed by atoms with Crippen LogP contribution in [0.2, 0.25) is 5.02 Å². The molecule has 2 aromatic heterocycles. The highest BCUT2D eigenvalue weighted by Gasteiger charge is 2.14. The monoisotopic (exact) mass is 308 g/mol. The Morgan fingerprint density at radius 2 is 2.25 bits per heavy atom. The van der Waals surface area contributed by atoms with Gasteiger partial charge in [-0.25, -0.2) is 9.97 Å². The van der Waals surface area contributed by atoms with E-state index in [0.717, 1.165) is 11.4 Å². The van der Waals surface area contributed by atoms with Crippen LogP contribution in [0, 0.1) is 0 Å². The van der Waals surface area contributed by atoms with E-state index in [4.69, 9.17) is 11.6 Å². The van der Waals surface area contributed by atoms with Gasteiger partial charge in [0.2, 0.25) is 0 Å². The molecular formula is C13H13ClN4OS. The second-order valence-electron chi connectivity index (χ2n) is 3.79. The lowest BCUT2D eigenvalue weighted by atomic mass is 10.3. The molecule has 0 saturated heterocycles. The van der Waals surface area contributed by atoms with Crippen molar-refractivity contribution >= 4 is 29.3 Å². The molecule has 0 aromatic carbocycles. The molecule has 7 heteroatoms. The summed E-state index contributed by atoms with van der Waals surface area (Å²) < 4.78 is 0. The van der Waals surface area contributed by atoms with Crippen LogP contribution in [-0.2, 0) is 6.54 Å². The molecule has 0 bridgehead atoms. The van der Waals surface area contributed by atoms with Crippen LogP contribution in [0.3, 0.4) is 0 Å². The number of halogens is 1. The molecule has 20 heavy (non-hydrogen) atoms. The molecule has 104 valence electrons. The normalized spacial score (nSPS) is 10.3. The number of hydrogen-bond acceptors (Lipinski definition) is 5. The Morgan fingerprint density at radius 3 is 2.95 bits per heavy atom. The standard InChI is InChI=1S/C13H13ClN4OS/c1-2-20-13-17-8-10(14)11(18-13)12(19)16-7-9-5-3-4-6-15-9/h3-6,8H,2,7H2,1H3,(H,16,19). The van der Waals surface area contributed by atoms with E-state index in [9.17, 15) is 4.79 Å². The molecule has 0 spiro atoms. The van der Waals surface area contributed by atoms with Crippen molar-refractivity contribution < 1.29 is 4.79 Å². The molecule has 0 aliphatic carbocycles. The van der Waals surface area contributed by atoms with Gasteiger partial charge < -0.3 is 5.32 Å². The second-order valence-corrected chi connectivity index (χ2v) is 5.42. The zero-order chi connectivity index (χ0) is 14.4. The maximum atomic E-state index is 12.1. The van der Waals surface area contributed by atoms with Crippen molar-refractivity contribution in [3.63, 3.8) is 0 Å². The summed E-state index contributed by atoms with van der Waals surface area (Å²) in [4.78, 5) is 24.4. The summed E-state index contributed by atoms with van der Waals surface area (Å²) in [6.45, 7) is 2.32. The number of carbonyl (C=O) groups excluding carboxylic acids is 1. The molecular weight excluding hydrogens is 296 g/mol. The first-order chi connectivity index (χ1) is 9.70. The fraction of sp³-hybridized carbons (Fsp3) is 0.231. The summed E-state index contributed by atoms with van der Waals surface area (Å²) in [5.41, 5.74) is 0.961. The zero-order valence-corrected chi connectivity index (χ0v) is 12.4. The van der Waals surface area contributed by atoms with Crippen LogP contribution >= 0.6 is 23.4 Å². The van der Waals surface area contributed by atoms with Crippen molar-refractivity contribution in [1.29, 1.82) is 0 Å². The highest BCUT2D eigenvalue weighted by molar-refractivity contribution is 7.99. The average Bonchev–Trinajstić information content (AvgIpc) is 2.48. The maximum Gasteiger partial charge on any atom is 0.271 e. The van der Waals surface area contributed by atoms with E-state index in [-0.39, 0.29) is 16.6 Å². The van der Waals surface area contributed by atoms with Crippen molar-refractivity contribution in [2.75, 3.05) is 5.75 Å². The van der Waals surface area contributed by atoms with E-state index >= 15 is 0 Å². The van der Waals surface area contributed by atoms with Crippen molar-refractivity contribution in [3.8, 4) is 0 Å². The summed E-state index contributed by atoms with van der Waals surface area (Å²) in [7, 11) is 0. The molecule has 0 saturated carbocycles. The zero-order valence-electron chi connectivity index (χ0n) is 10.8. The number of hydrogen-bond donors (Lipinski definition) is 1. The van der Waals surface area contributed by atoms with Crippen LogP contribution in [0.25, 0.3) is 0 Å². The van der Waals surface area contributed by atoms with Crippen molar-refractivity contribution in [3.05, 3.63) is 47.0 Å². The van der Waals surface area contributed by atoms with E-state index < -0.39 is 0 Å². The van der Waals surface area contributed by atoms with E-state index in [2.05, 4.69) is 20.3 Å². The highest BCUT2D eigenvalue weighted by atomic mass is 35.5. The summed E-state index contributed by atoms with van der Waals surface area (Å²) in [6, 6.07) is 5.52. The number of nitrogens with zero attached hydrogens (tertiary/aromatic N) is 3. The maximum absolute atomic E-state index is 12.1. The third kappa shape index (κ3) is 3.91. The van der Waals surface area contributed by atoms with E-state index in [1.807, 2.05) is 25.1 Å². The average molecular weight is 309 g/mol. The Bertz CT molecular complexity index is 594. The van der Waals surface area contributed by atoms with Crippen LogP contribution in [0.5, 0.6) is 0 Å². The van der Waals surface area contributed by atoms with Gasteiger partial charge in [0, 0.05) is 6.20 Å². The summed E-state index contributed by atoms with van der Waals surface area (Å²) in [5, 5.41) is 3.52. The molecule has 0 aliphatic rings. The molecule has 2 heterocycles. The smallest absolute Gasteiger partial charge is 0.271 e. The van der Waals surface area contributed by atoms with Gasteiger partial charge in [-0.3, -0.25) is 9.78 Å². The predicted molar refractivity (Wildman–Crippen MR) is 78.8 cm³/mol. The van der Waals surface area contributed by atoms with Gasteiger partial charge in [0.25, 0.3) is 5.91 Å². The lowest BCUT2D eigenvalue weighted by molar-refractivity contribution is 0.0944. The van der Waals surface area contributed by atoms with Crippen LogP contribution in [0.1, 0.15) is 23.1 Å². The number of carbonyl (C=O) groups is 1. The minimum Gasteiger partial charge on any atom is -0.345 e. The van der Waals surface area contributed by atoms with Crippen LogP contribution in [0.15, 0.2) is 35.7 Å². The number of amides is 1. The summed E-state index contributed by atoms with van der Waals surface area (Å²) in [6.07, 6.45) is 3.12. The third-order valence-electron chi connectivity index (χ3n) is 2.37. The second kappa shape index (κ2) is 7.21. The molecule has 0 atom stereocenters. The molecule has 1 amide bonds. The fourth-order valence-electron chi connectivity index (χ4n) is 1.47. The Kier molecular flexibility index (Phi) is 5.31. The molecule has 2 rings (SSSR count). The minimum absolute atomic E-state index is 0.188. The van der Waals surface area contributed by atoms with Crippen molar-refractivity contribution in [2.24, 2.45) is 0 Å². The molecule has 0 radical (unpaired) electrons. The number of rotatable bonds is 5. The topological polar surface area (TPSA) is 67.8 Å². The van der Waals surface area contributed by atoms with E-state index in [1.165, 1.54) is 18.0 Å². The Morgan fingerprint density at radius 1 is 1.40 bits per heavy atom. The van der Waals surface area contributed by atoms with Gasteiger partial charge in [-0.1, -0.05) is 36.4 Å². The van der Waals surface area contributed by atoms with Crippen LogP contribution in [-0.4, -0.2) is 26.6 Å². The number of thioether (sulfide) groups is 1. The van der Waals surface area contributed by atoms with Gasteiger partial charge in [-0.15, -0.1) is 0 Å². The third-order valence-corrected chi connectivity index (χ3v) is 3.39. The molecule has 0 fully saturated rings. The number of pyridine rings is 1. The quantitative estimate of drug-likeness (QED) is 0.679. The Balaban J connectivity index is 2.06. The summed E-state index contributed by atoms with van der Waals surface area (Å²) in [5.74, 6) is 0.498. The lowest BCUT2D eigenvalue weighted by Crippen LogP contribution is -2.25. The van der Waals surface area contributed by atoms with Crippen LogP contribution in [0.4, 0.5) is 0 Å². The van der Waals surface area contributed by atoms with Crippen molar-refractivity contribution in [1.82, 2.24) is 20.3 Å². The molecule has 0 unspecified atom stereocenters. The number of nitrogens with one attached hydrogen (secondary N) is 1. The van der Waals surface area contributed by atoms with Gasteiger partial charge >= 0.3 is 0 Å². The lowest BCUT2D eigenvalue weighted by Gasteiger charge is -2.06. The molecule has 2 aromatic rings. The predicted octanol–water partition coefficient (Wildman–Crippen LogP) is 2.57. The summed E-state index contributed by atoms with van der Waals surface area (Å²) >= 11 is 7.42.